The summed E-state index contributed by atoms with van der Waals surface area (Å²) in [6.45, 7) is 0. The van der Waals surface area contributed by atoms with Crippen LogP contribution in [0.25, 0.3) is 6.08 Å². The minimum atomic E-state index is -0.830. The Labute approximate surface area is 154 Å². The summed E-state index contributed by atoms with van der Waals surface area (Å²) in [4.78, 5) is 35.1. The molecule has 0 radical (unpaired) electrons. The third kappa shape index (κ3) is 3.75. The van der Waals surface area contributed by atoms with Crippen LogP contribution in [0.3, 0.4) is 0 Å². The van der Waals surface area contributed by atoms with E-state index in [1.165, 1.54) is 6.08 Å². The van der Waals surface area contributed by atoms with Gasteiger partial charge in [0, 0.05) is 5.02 Å². The van der Waals surface area contributed by atoms with Crippen LogP contribution in [0.5, 0.6) is 5.75 Å². The second-order valence-corrected chi connectivity index (χ2v) is 6.04. The van der Waals surface area contributed by atoms with Crippen molar-refractivity contribution in [1.29, 1.82) is 0 Å². The number of rotatable bonds is 4. The van der Waals surface area contributed by atoms with Gasteiger partial charge in [0.15, 0.2) is 0 Å². The zero-order valence-corrected chi connectivity index (χ0v) is 14.6. The molecule has 1 aliphatic rings. The molecule has 4 amide bonds. The molecule has 0 spiro atoms. The summed E-state index contributed by atoms with van der Waals surface area (Å²) in [6.07, 6.45) is 1.93. The molecule has 0 atom stereocenters. The zero-order valence-electron chi connectivity index (χ0n) is 13.8. The van der Waals surface area contributed by atoms with E-state index in [9.17, 15) is 14.4 Å². The highest BCUT2D eigenvalue weighted by atomic mass is 35.5. The van der Waals surface area contributed by atoms with Gasteiger partial charge in [-0.3, -0.25) is 20.2 Å². The van der Waals surface area contributed by atoms with Crippen LogP contribution in [-0.2, 0) is 16.0 Å². The van der Waals surface area contributed by atoms with E-state index >= 15 is 0 Å². The fraction of sp³-hybridized carbons (Fsp3) is 0.105. The number of amides is 4. The molecule has 7 heteroatoms. The highest BCUT2D eigenvalue weighted by Crippen LogP contribution is 2.26. The van der Waals surface area contributed by atoms with Crippen molar-refractivity contribution < 1.29 is 19.1 Å². The van der Waals surface area contributed by atoms with Crippen molar-refractivity contribution in [2.45, 2.75) is 6.42 Å². The van der Waals surface area contributed by atoms with Gasteiger partial charge in [-0.25, -0.2) is 4.79 Å². The van der Waals surface area contributed by atoms with Crippen LogP contribution in [0.1, 0.15) is 16.7 Å². The molecule has 1 aliphatic heterocycles. The number of carbonyl (C=O) groups is 3. The average molecular weight is 371 g/mol. The maximum atomic E-state index is 12.0. The first-order chi connectivity index (χ1) is 12.5. The second kappa shape index (κ2) is 7.41. The summed E-state index contributed by atoms with van der Waals surface area (Å²) in [5, 5.41) is 4.73. The highest BCUT2D eigenvalue weighted by Gasteiger charge is 2.27. The molecule has 2 N–H and O–H groups in total. The third-order valence-electron chi connectivity index (χ3n) is 3.93. The van der Waals surface area contributed by atoms with Crippen LogP contribution >= 0.6 is 11.6 Å². The van der Waals surface area contributed by atoms with E-state index in [4.69, 9.17) is 16.3 Å². The maximum Gasteiger partial charge on any atom is 0.328 e. The minimum absolute atomic E-state index is 0.143. The second-order valence-electron chi connectivity index (χ2n) is 5.63. The molecule has 2 aromatic rings. The Kier molecular flexibility index (Phi) is 5.04. The maximum absolute atomic E-state index is 12.0. The quantitative estimate of drug-likeness (QED) is 0.640. The van der Waals surface area contributed by atoms with Gasteiger partial charge in [-0.2, -0.15) is 0 Å². The van der Waals surface area contributed by atoms with Gasteiger partial charge in [0.1, 0.15) is 11.3 Å². The molecule has 0 bridgehead atoms. The number of hydrogen-bond acceptors (Lipinski definition) is 4. The molecule has 6 nitrogen and oxygen atoms in total. The number of barbiturate groups is 1. The van der Waals surface area contributed by atoms with Gasteiger partial charge in [-0.1, -0.05) is 35.9 Å². The normalized spacial score (nSPS) is 13.9. The van der Waals surface area contributed by atoms with Gasteiger partial charge in [0.05, 0.1) is 7.11 Å². The summed E-state index contributed by atoms with van der Waals surface area (Å²) in [5.41, 5.74) is 2.23. The lowest BCUT2D eigenvalue weighted by Crippen LogP contribution is -2.51. The Morgan fingerprint density at radius 3 is 2.35 bits per heavy atom. The smallest absolute Gasteiger partial charge is 0.328 e. The fourth-order valence-electron chi connectivity index (χ4n) is 2.61. The number of carbonyl (C=O) groups excluding carboxylic acids is 3. The van der Waals surface area contributed by atoms with Gasteiger partial charge in [0.25, 0.3) is 11.8 Å². The third-order valence-corrected chi connectivity index (χ3v) is 4.30. The van der Waals surface area contributed by atoms with Crippen molar-refractivity contribution in [1.82, 2.24) is 10.6 Å². The SMILES string of the molecule is COc1ccc(C=C2C(=O)NC(=O)NC2=O)c(Cc2ccccc2Cl)c1. The van der Waals surface area contributed by atoms with Crippen LogP contribution in [-0.4, -0.2) is 25.0 Å². The van der Waals surface area contributed by atoms with Crippen molar-refractivity contribution in [3.8, 4) is 5.75 Å². The number of nitrogens with one attached hydrogen (secondary N) is 2. The molecule has 0 aromatic heterocycles. The monoisotopic (exact) mass is 370 g/mol. The summed E-state index contributed by atoms with van der Waals surface area (Å²) < 4.78 is 5.27. The van der Waals surface area contributed by atoms with Crippen LogP contribution in [0, 0.1) is 0 Å². The molecule has 0 unspecified atom stereocenters. The number of halogens is 1. The highest BCUT2D eigenvalue weighted by molar-refractivity contribution is 6.31. The van der Waals surface area contributed by atoms with E-state index in [0.29, 0.717) is 22.8 Å². The van der Waals surface area contributed by atoms with Crippen LogP contribution in [0.2, 0.25) is 5.02 Å². The number of methoxy groups -OCH3 is 1. The first kappa shape index (κ1) is 17.7. The lowest BCUT2D eigenvalue weighted by molar-refractivity contribution is -0.123. The van der Waals surface area contributed by atoms with E-state index in [1.54, 1.807) is 25.3 Å². The van der Waals surface area contributed by atoms with Crippen molar-refractivity contribution in [3.05, 3.63) is 69.8 Å². The minimum Gasteiger partial charge on any atom is -0.497 e. The summed E-state index contributed by atoms with van der Waals surface area (Å²) >= 11 is 6.24. The Hall–Kier alpha value is -3.12. The van der Waals surface area contributed by atoms with Gasteiger partial charge in [0.2, 0.25) is 0 Å². The Bertz CT molecular complexity index is 915. The Morgan fingerprint density at radius 2 is 1.69 bits per heavy atom. The van der Waals surface area contributed by atoms with Crippen LogP contribution in [0.4, 0.5) is 4.79 Å². The van der Waals surface area contributed by atoms with Crippen molar-refractivity contribution in [2.24, 2.45) is 0 Å². The predicted molar refractivity (Wildman–Crippen MR) is 96.9 cm³/mol. The lowest BCUT2D eigenvalue weighted by Gasteiger charge is -2.15. The molecular weight excluding hydrogens is 356 g/mol. The summed E-state index contributed by atoms with van der Waals surface area (Å²) in [5.74, 6) is -0.835. The predicted octanol–water partition coefficient (Wildman–Crippen LogP) is 2.69. The number of ether oxygens (including phenoxy) is 1. The largest absolute Gasteiger partial charge is 0.497 e. The van der Waals surface area contributed by atoms with E-state index in [2.05, 4.69) is 10.6 Å². The van der Waals surface area contributed by atoms with E-state index < -0.39 is 17.8 Å². The van der Waals surface area contributed by atoms with Gasteiger partial charge < -0.3 is 4.74 Å². The summed E-state index contributed by atoms with van der Waals surface area (Å²) in [6, 6.07) is 11.9. The van der Waals surface area contributed by atoms with Crippen LogP contribution in [0.15, 0.2) is 48.0 Å². The molecule has 1 heterocycles. The average Bonchev–Trinajstić information content (AvgIpc) is 2.61. The molecule has 1 saturated heterocycles. The topological polar surface area (TPSA) is 84.5 Å². The van der Waals surface area contributed by atoms with Gasteiger partial charge >= 0.3 is 6.03 Å². The van der Waals surface area contributed by atoms with E-state index in [-0.39, 0.29) is 5.57 Å². The van der Waals surface area contributed by atoms with Gasteiger partial charge in [-0.05, 0) is 47.4 Å². The Morgan fingerprint density at radius 1 is 1.00 bits per heavy atom. The molecule has 1 fully saturated rings. The number of imide groups is 2. The van der Waals surface area contributed by atoms with Crippen molar-refractivity contribution >= 4 is 35.5 Å². The van der Waals surface area contributed by atoms with Gasteiger partial charge in [-0.15, -0.1) is 0 Å². The molecule has 26 heavy (non-hydrogen) atoms. The molecular formula is C19H15ClN2O4. The van der Waals surface area contributed by atoms with Crippen LogP contribution < -0.4 is 15.4 Å². The molecule has 0 aliphatic carbocycles. The summed E-state index contributed by atoms with van der Waals surface area (Å²) in [7, 11) is 1.56. The lowest BCUT2D eigenvalue weighted by atomic mass is 9.97. The molecule has 0 saturated carbocycles. The van der Waals surface area contributed by atoms with E-state index in [0.717, 1.165) is 11.1 Å². The number of hydrogen-bond donors (Lipinski definition) is 2. The molecule has 2 aromatic carbocycles. The first-order valence-electron chi connectivity index (χ1n) is 7.76. The number of benzene rings is 2. The Balaban J connectivity index is 2.03. The van der Waals surface area contributed by atoms with Crippen molar-refractivity contribution in [2.75, 3.05) is 7.11 Å². The van der Waals surface area contributed by atoms with Crippen molar-refractivity contribution in [3.63, 3.8) is 0 Å². The van der Waals surface area contributed by atoms with E-state index in [1.807, 2.05) is 24.3 Å². The fourth-order valence-corrected chi connectivity index (χ4v) is 2.81. The molecule has 3 rings (SSSR count). The first-order valence-corrected chi connectivity index (χ1v) is 8.14. The standard InChI is InChI=1S/C19H15ClN2O4/c1-26-14-7-6-11(10-15-17(23)21-19(25)22-18(15)24)13(9-14)8-12-4-2-3-5-16(12)20/h2-7,9-10H,8H2,1H3,(H2,21,22,23,24,25). The molecule has 132 valence electrons. The zero-order chi connectivity index (χ0) is 18.7. The number of urea groups is 1.